The van der Waals surface area contributed by atoms with E-state index in [9.17, 15) is 9.59 Å². The quantitative estimate of drug-likeness (QED) is 0.441. The highest BCUT2D eigenvalue weighted by molar-refractivity contribution is 6.13. The van der Waals surface area contributed by atoms with Crippen LogP contribution in [0.4, 0.5) is 5.69 Å². The summed E-state index contributed by atoms with van der Waals surface area (Å²) in [4.78, 5) is 25.7. The van der Waals surface area contributed by atoms with Gasteiger partial charge >= 0.3 is 5.97 Å². The fourth-order valence-corrected chi connectivity index (χ4v) is 3.65. The van der Waals surface area contributed by atoms with Crippen molar-refractivity contribution in [1.82, 2.24) is 4.40 Å². The Hall–Kier alpha value is -3.60. The van der Waals surface area contributed by atoms with Crippen molar-refractivity contribution in [2.24, 2.45) is 0 Å². The van der Waals surface area contributed by atoms with Crippen LogP contribution in [0.5, 0.6) is 0 Å². The predicted molar refractivity (Wildman–Crippen MR) is 119 cm³/mol. The molecule has 152 valence electrons. The molecule has 0 saturated carbocycles. The predicted octanol–water partition coefficient (Wildman–Crippen LogP) is 5.64. The van der Waals surface area contributed by atoms with Gasteiger partial charge in [0.25, 0.3) is 5.91 Å². The van der Waals surface area contributed by atoms with E-state index in [4.69, 9.17) is 4.74 Å². The Morgan fingerprint density at radius 2 is 1.77 bits per heavy atom. The zero-order valence-electron chi connectivity index (χ0n) is 17.3. The summed E-state index contributed by atoms with van der Waals surface area (Å²) >= 11 is 0. The van der Waals surface area contributed by atoms with Crippen molar-refractivity contribution in [2.45, 2.75) is 26.7 Å². The average molecular weight is 400 g/mol. The first-order valence-electron chi connectivity index (χ1n) is 10.1. The Morgan fingerprint density at radius 3 is 2.47 bits per heavy atom. The van der Waals surface area contributed by atoms with E-state index >= 15 is 0 Å². The second kappa shape index (κ2) is 8.03. The van der Waals surface area contributed by atoms with Gasteiger partial charge in [-0.3, -0.25) is 4.79 Å². The van der Waals surface area contributed by atoms with E-state index < -0.39 is 5.97 Å². The lowest BCUT2D eigenvalue weighted by molar-refractivity contribution is 0.0529. The topological polar surface area (TPSA) is 59.8 Å². The molecule has 2 aromatic heterocycles. The first-order chi connectivity index (χ1) is 14.5. The Morgan fingerprint density at radius 1 is 1.03 bits per heavy atom. The molecule has 5 nitrogen and oxygen atoms in total. The molecule has 2 heterocycles. The fourth-order valence-electron chi connectivity index (χ4n) is 3.65. The van der Waals surface area contributed by atoms with Gasteiger partial charge in [-0.15, -0.1) is 0 Å². The molecule has 0 bridgehead atoms. The third kappa shape index (κ3) is 3.54. The number of aromatic nitrogens is 1. The molecule has 0 spiro atoms. The zero-order valence-corrected chi connectivity index (χ0v) is 17.3. The molecular formula is C25H24N2O3. The van der Waals surface area contributed by atoms with Crippen LogP contribution in [0, 0.1) is 0 Å². The molecule has 0 aliphatic carbocycles. The lowest BCUT2D eigenvalue weighted by atomic mass is 10.0. The first-order valence-corrected chi connectivity index (χ1v) is 10.1. The Balaban J connectivity index is 1.79. The molecule has 0 saturated heterocycles. The molecule has 4 rings (SSSR count). The summed E-state index contributed by atoms with van der Waals surface area (Å²) in [6.07, 6.45) is 1.82. The maximum absolute atomic E-state index is 13.1. The van der Waals surface area contributed by atoms with Gasteiger partial charge in [0.1, 0.15) is 5.69 Å². The summed E-state index contributed by atoms with van der Waals surface area (Å²) in [5.74, 6) is -0.301. The number of anilines is 1. The monoisotopic (exact) mass is 400 g/mol. The molecule has 4 aromatic rings. The molecule has 0 unspecified atom stereocenters. The lowest BCUT2D eigenvalue weighted by Crippen LogP contribution is -2.14. The highest BCUT2D eigenvalue weighted by Gasteiger charge is 2.22. The molecular weight excluding hydrogens is 376 g/mol. The Kier molecular flexibility index (Phi) is 5.27. The third-order valence-electron chi connectivity index (χ3n) is 5.22. The number of pyridine rings is 1. The number of ether oxygens (including phenoxy) is 1. The first kappa shape index (κ1) is 19.7. The Labute approximate surface area is 175 Å². The van der Waals surface area contributed by atoms with Crippen molar-refractivity contribution < 1.29 is 14.3 Å². The van der Waals surface area contributed by atoms with Gasteiger partial charge in [0.05, 0.1) is 17.7 Å². The van der Waals surface area contributed by atoms with E-state index in [1.54, 1.807) is 17.4 Å². The van der Waals surface area contributed by atoms with Gasteiger partial charge in [-0.2, -0.15) is 0 Å². The van der Waals surface area contributed by atoms with Gasteiger partial charge in [-0.05, 0) is 48.1 Å². The SMILES string of the molecule is CCOC(=O)c1cc(C(=O)Nc2ccc(C(C)C)cc2)n2ccc3ccccc3c12. The molecule has 0 fully saturated rings. The number of amides is 1. The lowest BCUT2D eigenvalue weighted by Gasteiger charge is -2.09. The van der Waals surface area contributed by atoms with E-state index in [2.05, 4.69) is 19.2 Å². The summed E-state index contributed by atoms with van der Waals surface area (Å²) < 4.78 is 7.00. The van der Waals surface area contributed by atoms with Gasteiger partial charge in [-0.1, -0.05) is 50.2 Å². The Bertz CT molecular complexity index is 1240. The van der Waals surface area contributed by atoms with Crippen molar-refractivity contribution in [2.75, 3.05) is 11.9 Å². The molecule has 0 aliphatic heterocycles. The van der Waals surface area contributed by atoms with Crippen LogP contribution in [0.1, 0.15) is 53.1 Å². The number of rotatable bonds is 5. The van der Waals surface area contributed by atoms with E-state index in [0.717, 1.165) is 10.8 Å². The minimum absolute atomic E-state index is 0.269. The van der Waals surface area contributed by atoms with E-state index in [0.29, 0.717) is 28.4 Å². The maximum Gasteiger partial charge on any atom is 0.340 e. The van der Waals surface area contributed by atoms with Crippen LogP contribution >= 0.6 is 0 Å². The van der Waals surface area contributed by atoms with Crippen LogP contribution in [-0.4, -0.2) is 22.9 Å². The van der Waals surface area contributed by atoms with E-state index in [-0.39, 0.29) is 12.5 Å². The summed E-state index contributed by atoms with van der Waals surface area (Å²) in [5.41, 5.74) is 3.35. The number of esters is 1. The number of fused-ring (bicyclic) bond motifs is 3. The molecule has 0 aliphatic rings. The fraction of sp³-hybridized carbons (Fsp3) is 0.200. The normalized spacial score (nSPS) is 11.2. The number of nitrogens with one attached hydrogen (secondary N) is 1. The van der Waals surface area contributed by atoms with Gasteiger partial charge in [0.2, 0.25) is 0 Å². The molecule has 2 aromatic carbocycles. The molecule has 0 atom stereocenters. The molecule has 0 radical (unpaired) electrons. The molecule has 5 heteroatoms. The van der Waals surface area contributed by atoms with Gasteiger partial charge in [-0.25, -0.2) is 4.79 Å². The van der Waals surface area contributed by atoms with Crippen LogP contribution in [0.25, 0.3) is 16.3 Å². The second-order valence-electron chi connectivity index (χ2n) is 7.52. The molecule has 30 heavy (non-hydrogen) atoms. The van der Waals surface area contributed by atoms with Crippen molar-refractivity contribution in [3.8, 4) is 0 Å². The average Bonchev–Trinajstić information content (AvgIpc) is 3.15. The van der Waals surface area contributed by atoms with E-state index in [1.807, 2.05) is 60.8 Å². The van der Waals surface area contributed by atoms with E-state index in [1.165, 1.54) is 5.56 Å². The highest BCUT2D eigenvalue weighted by atomic mass is 16.5. The van der Waals surface area contributed by atoms with Crippen LogP contribution in [-0.2, 0) is 4.74 Å². The minimum Gasteiger partial charge on any atom is -0.462 e. The summed E-state index contributed by atoms with van der Waals surface area (Å²) in [7, 11) is 0. The highest BCUT2D eigenvalue weighted by Crippen LogP contribution is 2.27. The van der Waals surface area contributed by atoms with Crippen molar-refractivity contribution in [3.05, 3.63) is 83.7 Å². The number of hydrogen-bond donors (Lipinski definition) is 1. The number of benzene rings is 2. The zero-order chi connectivity index (χ0) is 21.3. The number of nitrogens with zero attached hydrogens (tertiary/aromatic N) is 1. The minimum atomic E-state index is -0.438. The van der Waals surface area contributed by atoms with Gasteiger partial charge in [0, 0.05) is 17.3 Å². The van der Waals surface area contributed by atoms with Crippen molar-refractivity contribution >= 4 is 33.9 Å². The maximum atomic E-state index is 13.1. The standard InChI is InChI=1S/C25H24N2O3/c1-4-30-25(29)21-15-22(24(28)26-19-11-9-17(10-12-19)16(2)3)27-14-13-18-7-5-6-8-20(18)23(21)27/h5-16H,4H2,1-3H3,(H,26,28). The molecule has 1 N–H and O–H groups in total. The molecule has 1 amide bonds. The summed E-state index contributed by atoms with van der Waals surface area (Å²) in [6.45, 7) is 6.29. The summed E-state index contributed by atoms with van der Waals surface area (Å²) in [6, 6.07) is 19.1. The van der Waals surface area contributed by atoms with Gasteiger partial charge < -0.3 is 14.5 Å². The van der Waals surface area contributed by atoms with Crippen LogP contribution in [0.2, 0.25) is 0 Å². The number of carbonyl (C=O) groups is 2. The number of hydrogen-bond acceptors (Lipinski definition) is 3. The smallest absolute Gasteiger partial charge is 0.340 e. The van der Waals surface area contributed by atoms with Crippen molar-refractivity contribution in [3.63, 3.8) is 0 Å². The van der Waals surface area contributed by atoms with Crippen LogP contribution < -0.4 is 5.32 Å². The van der Waals surface area contributed by atoms with Gasteiger partial charge in [0.15, 0.2) is 0 Å². The van der Waals surface area contributed by atoms with Crippen molar-refractivity contribution in [1.29, 1.82) is 0 Å². The van der Waals surface area contributed by atoms with Crippen LogP contribution in [0.3, 0.4) is 0 Å². The number of carbonyl (C=O) groups excluding carboxylic acids is 2. The van der Waals surface area contributed by atoms with Crippen LogP contribution in [0.15, 0.2) is 66.9 Å². The second-order valence-corrected chi connectivity index (χ2v) is 7.52. The largest absolute Gasteiger partial charge is 0.462 e. The summed E-state index contributed by atoms with van der Waals surface area (Å²) in [5, 5.41) is 4.82. The third-order valence-corrected chi connectivity index (χ3v) is 5.22.